The van der Waals surface area contributed by atoms with Crippen molar-refractivity contribution < 1.29 is 9.53 Å². The number of rotatable bonds is 4. The topological polar surface area (TPSA) is 26.3 Å². The van der Waals surface area contributed by atoms with Crippen molar-refractivity contribution in [1.82, 2.24) is 0 Å². The molecular weight excluding hydrogens is 332 g/mol. The van der Waals surface area contributed by atoms with E-state index in [2.05, 4.69) is 19.1 Å². The lowest BCUT2D eigenvalue weighted by Crippen LogP contribution is -2.47. The first kappa shape index (κ1) is 17.1. The molecule has 2 nitrogen and oxygen atoms in total. The first-order valence-electron chi connectivity index (χ1n) is 12.1. The van der Waals surface area contributed by atoms with Crippen LogP contribution >= 0.6 is 0 Å². The Hall–Kier alpha value is -0.790. The molecule has 27 heavy (non-hydrogen) atoms. The van der Waals surface area contributed by atoms with Gasteiger partial charge in [0, 0.05) is 0 Å². The second-order valence-electron chi connectivity index (χ2n) is 11.2. The largest absolute Gasteiger partial charge is 0.459 e. The summed E-state index contributed by atoms with van der Waals surface area (Å²) < 4.78 is 6.61. The van der Waals surface area contributed by atoms with Crippen LogP contribution in [0.1, 0.15) is 77.6 Å². The highest BCUT2D eigenvalue weighted by Gasteiger charge is 2.63. The maximum absolute atomic E-state index is 13.5. The molecule has 0 aromatic rings. The van der Waals surface area contributed by atoms with E-state index in [4.69, 9.17) is 4.74 Å². The third kappa shape index (κ3) is 2.40. The number of fused-ring (bicyclic) bond motifs is 9. The summed E-state index contributed by atoms with van der Waals surface area (Å²) in [4.78, 5) is 13.5. The Labute approximate surface area is 164 Å². The maximum atomic E-state index is 13.5. The molecule has 0 amide bonds. The van der Waals surface area contributed by atoms with Gasteiger partial charge in [0.2, 0.25) is 0 Å². The van der Waals surface area contributed by atoms with Crippen LogP contribution in [0.25, 0.3) is 0 Å². The number of allylic oxidation sites excluding steroid dienone is 2. The van der Waals surface area contributed by atoms with Crippen molar-refractivity contribution in [1.29, 1.82) is 0 Å². The zero-order chi connectivity index (χ0) is 18.2. The Kier molecular flexibility index (Phi) is 3.86. The van der Waals surface area contributed by atoms with Crippen molar-refractivity contribution in [2.24, 2.45) is 53.3 Å². The Bertz CT molecular complexity index is 623. The van der Waals surface area contributed by atoms with Crippen molar-refractivity contribution in [3.05, 3.63) is 12.2 Å². The summed E-state index contributed by atoms with van der Waals surface area (Å²) in [6.07, 6.45) is 19.2. The molecule has 0 N–H and O–H groups in total. The predicted octanol–water partition coefficient (Wildman–Crippen LogP) is 5.76. The Balaban J connectivity index is 1.22. The van der Waals surface area contributed by atoms with E-state index in [1.54, 1.807) is 0 Å². The van der Waals surface area contributed by atoms with Crippen LogP contribution in [-0.2, 0) is 9.53 Å². The molecule has 5 saturated carbocycles. The molecule has 2 heteroatoms. The summed E-state index contributed by atoms with van der Waals surface area (Å²) in [6.45, 7) is 2.33. The average molecular weight is 369 g/mol. The molecule has 6 aliphatic carbocycles. The Morgan fingerprint density at radius 3 is 2.07 bits per heavy atom. The summed E-state index contributed by atoms with van der Waals surface area (Å²) >= 11 is 0. The quantitative estimate of drug-likeness (QED) is 0.358. The highest BCUT2D eigenvalue weighted by atomic mass is 16.6. The fraction of sp³-hybridized carbons (Fsp3) is 0.880. The summed E-state index contributed by atoms with van der Waals surface area (Å²) in [5.41, 5.74) is -0.181. The predicted molar refractivity (Wildman–Crippen MR) is 106 cm³/mol. The molecular formula is C25H36O2. The molecule has 6 aliphatic rings. The van der Waals surface area contributed by atoms with Crippen LogP contribution < -0.4 is 0 Å². The second-order valence-corrected chi connectivity index (χ2v) is 11.2. The Morgan fingerprint density at radius 1 is 0.852 bits per heavy atom. The molecule has 7 atom stereocenters. The highest BCUT2D eigenvalue weighted by Crippen LogP contribution is 2.67. The van der Waals surface area contributed by atoms with Gasteiger partial charge in [-0.15, -0.1) is 0 Å². The number of hydrogen-bond acceptors (Lipinski definition) is 2. The van der Waals surface area contributed by atoms with E-state index in [0.29, 0.717) is 17.8 Å². The monoisotopic (exact) mass is 368 g/mol. The van der Waals surface area contributed by atoms with Gasteiger partial charge < -0.3 is 4.74 Å². The number of carbonyl (C=O) groups is 1. The van der Waals surface area contributed by atoms with Gasteiger partial charge in [0.1, 0.15) is 5.60 Å². The lowest BCUT2D eigenvalue weighted by molar-refractivity contribution is -0.180. The molecule has 0 radical (unpaired) electrons. The fourth-order valence-corrected chi connectivity index (χ4v) is 9.08. The molecule has 7 unspecified atom stereocenters. The van der Waals surface area contributed by atoms with Crippen LogP contribution in [0.3, 0.4) is 0 Å². The minimum Gasteiger partial charge on any atom is -0.459 e. The van der Waals surface area contributed by atoms with Gasteiger partial charge in [0.05, 0.1) is 5.92 Å². The second kappa shape index (κ2) is 6.10. The van der Waals surface area contributed by atoms with Gasteiger partial charge in [0.15, 0.2) is 0 Å². The molecule has 0 aliphatic heterocycles. The molecule has 4 bridgehead atoms. The third-order valence-corrected chi connectivity index (χ3v) is 10.2. The van der Waals surface area contributed by atoms with E-state index in [-0.39, 0.29) is 17.5 Å². The van der Waals surface area contributed by atoms with Crippen molar-refractivity contribution in [2.45, 2.75) is 83.2 Å². The summed E-state index contributed by atoms with van der Waals surface area (Å²) in [5.74, 6) is 6.41. The zero-order valence-corrected chi connectivity index (χ0v) is 16.9. The minimum atomic E-state index is -0.181. The SMILES string of the molecule is CC(OC(=O)C1CC2CC1C1C3C=CC(C3)C21)(C1CCCC1)C1CCCC1. The van der Waals surface area contributed by atoms with E-state index in [1.165, 1.54) is 64.2 Å². The molecule has 0 saturated heterocycles. The first-order chi connectivity index (χ1) is 13.1. The van der Waals surface area contributed by atoms with E-state index in [9.17, 15) is 4.79 Å². The van der Waals surface area contributed by atoms with Crippen LogP contribution in [-0.4, -0.2) is 11.6 Å². The maximum Gasteiger partial charge on any atom is 0.309 e. The lowest BCUT2D eigenvalue weighted by atomic mass is 9.69. The number of carbonyl (C=O) groups excluding carboxylic acids is 1. The lowest BCUT2D eigenvalue weighted by Gasteiger charge is -2.43. The van der Waals surface area contributed by atoms with Gasteiger partial charge >= 0.3 is 5.97 Å². The van der Waals surface area contributed by atoms with Gasteiger partial charge in [-0.05, 0) is 99.2 Å². The van der Waals surface area contributed by atoms with Gasteiger partial charge in [-0.2, -0.15) is 0 Å². The van der Waals surface area contributed by atoms with Crippen molar-refractivity contribution in [3.8, 4) is 0 Å². The highest BCUT2D eigenvalue weighted by molar-refractivity contribution is 5.74. The van der Waals surface area contributed by atoms with Gasteiger partial charge in [-0.1, -0.05) is 37.8 Å². The summed E-state index contributed by atoms with van der Waals surface area (Å²) in [5, 5.41) is 0. The standard InChI is InChI=1S/C25H36O2/c1-25(18-6-2-3-7-18,19-8-4-5-9-19)27-24(26)21-14-17-13-20(21)23-16-11-10-15(12-16)22(17)23/h10-11,15-23H,2-9,12-14H2,1H3. The molecule has 6 rings (SSSR count). The van der Waals surface area contributed by atoms with Crippen molar-refractivity contribution >= 4 is 5.97 Å². The van der Waals surface area contributed by atoms with Crippen molar-refractivity contribution in [3.63, 3.8) is 0 Å². The van der Waals surface area contributed by atoms with Gasteiger partial charge in [0.25, 0.3) is 0 Å². The molecule has 0 aromatic heterocycles. The van der Waals surface area contributed by atoms with Gasteiger partial charge in [-0.3, -0.25) is 4.79 Å². The molecule has 148 valence electrons. The summed E-state index contributed by atoms with van der Waals surface area (Å²) in [6, 6.07) is 0. The van der Waals surface area contributed by atoms with Crippen LogP contribution in [0.5, 0.6) is 0 Å². The smallest absolute Gasteiger partial charge is 0.309 e. The van der Waals surface area contributed by atoms with Crippen LogP contribution in [0.15, 0.2) is 12.2 Å². The number of ether oxygens (including phenoxy) is 1. The first-order valence-corrected chi connectivity index (χ1v) is 12.1. The molecule has 0 aromatic carbocycles. The summed E-state index contributed by atoms with van der Waals surface area (Å²) in [7, 11) is 0. The Morgan fingerprint density at radius 2 is 1.44 bits per heavy atom. The van der Waals surface area contributed by atoms with Crippen LogP contribution in [0.2, 0.25) is 0 Å². The van der Waals surface area contributed by atoms with Gasteiger partial charge in [-0.25, -0.2) is 0 Å². The van der Waals surface area contributed by atoms with Crippen LogP contribution in [0.4, 0.5) is 0 Å². The van der Waals surface area contributed by atoms with E-state index in [0.717, 1.165) is 36.0 Å². The normalized spacial score (nSPS) is 45.9. The number of esters is 1. The van der Waals surface area contributed by atoms with Crippen LogP contribution in [0, 0.1) is 53.3 Å². The van der Waals surface area contributed by atoms with E-state index < -0.39 is 0 Å². The van der Waals surface area contributed by atoms with Crippen molar-refractivity contribution in [2.75, 3.05) is 0 Å². The van der Waals surface area contributed by atoms with E-state index >= 15 is 0 Å². The fourth-order valence-electron chi connectivity index (χ4n) is 9.08. The zero-order valence-electron chi connectivity index (χ0n) is 16.9. The van der Waals surface area contributed by atoms with E-state index in [1.807, 2.05) is 0 Å². The number of hydrogen-bond donors (Lipinski definition) is 0. The third-order valence-electron chi connectivity index (χ3n) is 10.2. The molecule has 0 spiro atoms. The molecule has 5 fully saturated rings. The average Bonchev–Trinajstić information content (AvgIpc) is 3.48. The minimum absolute atomic E-state index is 0.181. The molecule has 0 heterocycles.